The molecule has 0 radical (unpaired) electrons. The monoisotopic (exact) mass is 456 g/mol. The summed E-state index contributed by atoms with van der Waals surface area (Å²) in [5.74, 6) is -0.943. The first-order valence-electron chi connectivity index (χ1n) is 10.9. The van der Waals surface area contributed by atoms with Gasteiger partial charge in [0.15, 0.2) is 17.3 Å². The van der Waals surface area contributed by atoms with Crippen molar-refractivity contribution < 1.29 is 13.9 Å². The van der Waals surface area contributed by atoms with Crippen LogP contribution in [-0.4, -0.2) is 53.7 Å². The number of aliphatic hydroxyl groups excluding tert-OH is 1. The fourth-order valence-electron chi connectivity index (χ4n) is 4.25. The van der Waals surface area contributed by atoms with E-state index in [1.807, 2.05) is 20.0 Å². The van der Waals surface area contributed by atoms with Gasteiger partial charge in [-0.15, -0.1) is 5.10 Å². The van der Waals surface area contributed by atoms with Crippen LogP contribution in [0.25, 0.3) is 16.6 Å². The zero-order valence-corrected chi connectivity index (χ0v) is 18.7. The first-order chi connectivity index (χ1) is 15.6. The van der Waals surface area contributed by atoms with Crippen LogP contribution in [0.2, 0.25) is 0 Å². The number of rotatable bonds is 4. The standard InChI is InChI=1S/C22H26F2N8O/c1-12(33)22(2,3)31-11-15(9-26-31)30-6-4-5-13(10-30)19-28-20-16-7-14(23)8-17(24)18(16)27-21(25)32(20)29-19/h7-9,11-13,33H,4-6,10H2,1-3H3,(H2,25,27)/t12-,13+/m0/s1. The fraction of sp³-hybridized carbons (Fsp3) is 0.455. The molecule has 174 valence electrons. The van der Waals surface area contributed by atoms with E-state index in [0.717, 1.165) is 31.1 Å². The number of nitrogens with zero attached hydrogens (tertiary/aromatic N) is 7. The van der Waals surface area contributed by atoms with Crippen molar-refractivity contribution in [2.75, 3.05) is 23.7 Å². The summed E-state index contributed by atoms with van der Waals surface area (Å²) in [5.41, 5.74) is 6.68. The number of piperidine rings is 1. The molecule has 1 saturated heterocycles. The second-order valence-electron chi connectivity index (χ2n) is 9.22. The van der Waals surface area contributed by atoms with Crippen LogP contribution in [0, 0.1) is 11.6 Å². The Morgan fingerprint density at radius 2 is 2.03 bits per heavy atom. The molecular weight excluding hydrogens is 430 g/mol. The van der Waals surface area contributed by atoms with Crippen LogP contribution < -0.4 is 10.6 Å². The first kappa shape index (κ1) is 21.5. The second kappa shape index (κ2) is 7.62. The molecule has 4 aromatic rings. The van der Waals surface area contributed by atoms with E-state index in [-0.39, 0.29) is 28.4 Å². The van der Waals surface area contributed by atoms with Crippen LogP contribution in [0.1, 0.15) is 45.4 Å². The Morgan fingerprint density at radius 1 is 1.24 bits per heavy atom. The average Bonchev–Trinajstić information content (AvgIpc) is 3.43. The quantitative estimate of drug-likeness (QED) is 0.486. The molecule has 1 aromatic carbocycles. The Hall–Kier alpha value is -3.34. The van der Waals surface area contributed by atoms with Crippen LogP contribution in [-0.2, 0) is 5.54 Å². The molecule has 9 nitrogen and oxygen atoms in total. The van der Waals surface area contributed by atoms with Gasteiger partial charge in [0.05, 0.1) is 28.9 Å². The van der Waals surface area contributed by atoms with Crippen LogP contribution in [0.3, 0.4) is 0 Å². The molecule has 5 rings (SSSR count). The van der Waals surface area contributed by atoms with Crippen molar-refractivity contribution in [3.05, 3.63) is 42.0 Å². The van der Waals surface area contributed by atoms with Crippen molar-refractivity contribution in [1.82, 2.24) is 29.4 Å². The zero-order valence-electron chi connectivity index (χ0n) is 18.7. The zero-order chi connectivity index (χ0) is 23.5. The Bertz CT molecular complexity index is 1350. The maximum Gasteiger partial charge on any atom is 0.223 e. The molecule has 1 fully saturated rings. The molecule has 2 atom stereocenters. The number of nitrogen functional groups attached to an aromatic ring is 1. The summed E-state index contributed by atoms with van der Waals surface area (Å²) in [6.07, 6.45) is 4.96. The number of aliphatic hydroxyl groups is 1. The van der Waals surface area contributed by atoms with Crippen molar-refractivity contribution in [2.45, 2.75) is 51.2 Å². The molecule has 0 unspecified atom stereocenters. The number of fused-ring (bicyclic) bond motifs is 3. The van der Waals surface area contributed by atoms with Gasteiger partial charge in [0.25, 0.3) is 0 Å². The summed E-state index contributed by atoms with van der Waals surface area (Å²) in [6.45, 7) is 7.12. The highest BCUT2D eigenvalue weighted by Crippen LogP contribution is 2.31. The molecule has 0 saturated carbocycles. The van der Waals surface area contributed by atoms with E-state index < -0.39 is 23.3 Å². The van der Waals surface area contributed by atoms with Gasteiger partial charge >= 0.3 is 0 Å². The molecular formula is C22H26F2N8O. The molecule has 3 aromatic heterocycles. The van der Waals surface area contributed by atoms with Crippen LogP contribution >= 0.6 is 0 Å². The predicted octanol–water partition coefficient (Wildman–Crippen LogP) is 2.83. The molecule has 1 aliphatic heterocycles. The summed E-state index contributed by atoms with van der Waals surface area (Å²) in [4.78, 5) is 10.9. The van der Waals surface area contributed by atoms with Gasteiger partial charge in [0, 0.05) is 31.3 Å². The summed E-state index contributed by atoms with van der Waals surface area (Å²) in [5, 5.41) is 19.3. The smallest absolute Gasteiger partial charge is 0.223 e. The van der Waals surface area contributed by atoms with Crippen molar-refractivity contribution in [2.24, 2.45) is 0 Å². The second-order valence-corrected chi connectivity index (χ2v) is 9.22. The van der Waals surface area contributed by atoms with Crippen molar-refractivity contribution >= 4 is 28.2 Å². The summed E-state index contributed by atoms with van der Waals surface area (Å²) in [6, 6.07) is 1.98. The highest BCUT2D eigenvalue weighted by atomic mass is 19.1. The molecule has 0 amide bonds. The number of anilines is 2. The van der Waals surface area contributed by atoms with Crippen LogP contribution in [0.5, 0.6) is 0 Å². The van der Waals surface area contributed by atoms with Gasteiger partial charge in [-0.3, -0.25) is 4.68 Å². The summed E-state index contributed by atoms with van der Waals surface area (Å²) in [7, 11) is 0. The van der Waals surface area contributed by atoms with Gasteiger partial charge < -0.3 is 15.7 Å². The maximum atomic E-state index is 14.2. The minimum atomic E-state index is -0.787. The van der Waals surface area contributed by atoms with Crippen LogP contribution in [0.15, 0.2) is 24.5 Å². The molecule has 4 heterocycles. The third-order valence-electron chi connectivity index (χ3n) is 6.67. The highest BCUT2D eigenvalue weighted by molar-refractivity contribution is 5.92. The number of halogens is 2. The summed E-state index contributed by atoms with van der Waals surface area (Å²) < 4.78 is 31.2. The molecule has 0 spiro atoms. The lowest BCUT2D eigenvalue weighted by molar-refractivity contribution is 0.0647. The summed E-state index contributed by atoms with van der Waals surface area (Å²) >= 11 is 0. The third-order valence-corrected chi connectivity index (χ3v) is 6.67. The minimum Gasteiger partial charge on any atom is -0.391 e. The molecule has 0 aliphatic carbocycles. The molecule has 0 bridgehead atoms. The van der Waals surface area contributed by atoms with Crippen LogP contribution in [0.4, 0.5) is 20.4 Å². The number of aromatic nitrogens is 6. The number of nitrogens with two attached hydrogens (primary N) is 1. The lowest BCUT2D eigenvalue weighted by atomic mass is 9.97. The Balaban J connectivity index is 1.48. The number of hydrogen-bond acceptors (Lipinski definition) is 7. The topological polar surface area (TPSA) is 110 Å². The van der Waals surface area contributed by atoms with Crippen molar-refractivity contribution in [3.63, 3.8) is 0 Å². The van der Waals surface area contributed by atoms with Gasteiger partial charge in [-0.1, -0.05) is 0 Å². The number of hydrogen-bond donors (Lipinski definition) is 2. The van der Waals surface area contributed by atoms with E-state index in [9.17, 15) is 13.9 Å². The number of benzene rings is 1. The van der Waals surface area contributed by atoms with E-state index in [0.29, 0.717) is 12.4 Å². The van der Waals surface area contributed by atoms with E-state index in [4.69, 9.17) is 5.73 Å². The van der Waals surface area contributed by atoms with Gasteiger partial charge in [-0.05, 0) is 39.7 Å². The molecule has 3 N–H and O–H groups in total. The van der Waals surface area contributed by atoms with Gasteiger partial charge in [0.2, 0.25) is 5.95 Å². The van der Waals surface area contributed by atoms with Crippen molar-refractivity contribution in [3.8, 4) is 0 Å². The Labute approximate surface area is 188 Å². The first-order valence-corrected chi connectivity index (χ1v) is 10.9. The van der Waals surface area contributed by atoms with Gasteiger partial charge in [0.1, 0.15) is 11.3 Å². The van der Waals surface area contributed by atoms with E-state index in [1.54, 1.807) is 17.8 Å². The fourth-order valence-corrected chi connectivity index (χ4v) is 4.25. The minimum absolute atomic E-state index is 0.000341. The largest absolute Gasteiger partial charge is 0.391 e. The Kier molecular flexibility index (Phi) is 4.96. The highest BCUT2D eigenvalue weighted by Gasteiger charge is 2.30. The lowest BCUT2D eigenvalue weighted by Gasteiger charge is -2.32. The van der Waals surface area contributed by atoms with Gasteiger partial charge in [-0.25, -0.2) is 18.7 Å². The van der Waals surface area contributed by atoms with Gasteiger partial charge in [-0.2, -0.15) is 9.61 Å². The van der Waals surface area contributed by atoms with E-state index >= 15 is 0 Å². The maximum absolute atomic E-state index is 14.2. The molecule has 33 heavy (non-hydrogen) atoms. The molecule has 1 aliphatic rings. The van der Waals surface area contributed by atoms with E-state index in [1.165, 1.54) is 10.6 Å². The average molecular weight is 457 g/mol. The molecule has 11 heteroatoms. The third kappa shape index (κ3) is 3.56. The Morgan fingerprint density at radius 3 is 2.79 bits per heavy atom. The van der Waals surface area contributed by atoms with Crippen molar-refractivity contribution in [1.29, 1.82) is 0 Å². The van der Waals surface area contributed by atoms with E-state index in [2.05, 4.69) is 25.1 Å². The normalized spacial score (nSPS) is 18.4. The SMILES string of the molecule is C[C@H](O)C(C)(C)n1cc(N2CCC[C@@H](c3nc4c5cc(F)cc(F)c5nc(N)n4n3)C2)cn1. The lowest BCUT2D eigenvalue weighted by Crippen LogP contribution is -2.38. The predicted molar refractivity (Wildman–Crippen MR) is 120 cm³/mol.